The number of carbonyl (C=O) groups excluding carboxylic acids is 1. The molecule has 0 aliphatic rings. The standard InChI is InChI=1S/C17H9ClF3N5OS/c18-14-10(3-1-5-22-14)25-16(27)9-8-23-26-13(17(19,20)21)7-11(24-15(9)26)12-4-2-6-28-12/h1-8H,(H,25,27). The van der Waals surface area contributed by atoms with Crippen molar-refractivity contribution in [1.82, 2.24) is 19.6 Å². The minimum atomic E-state index is -4.68. The maximum Gasteiger partial charge on any atom is 0.433 e. The molecule has 6 nitrogen and oxygen atoms in total. The Bertz CT molecular complexity index is 1170. The normalized spacial score (nSPS) is 11.7. The lowest BCUT2D eigenvalue weighted by Gasteiger charge is -2.11. The largest absolute Gasteiger partial charge is 0.433 e. The zero-order valence-electron chi connectivity index (χ0n) is 13.7. The van der Waals surface area contributed by atoms with E-state index in [0.717, 1.165) is 12.3 Å². The van der Waals surface area contributed by atoms with E-state index in [4.69, 9.17) is 11.6 Å². The van der Waals surface area contributed by atoms with Crippen molar-refractivity contribution in [2.75, 3.05) is 5.32 Å². The highest BCUT2D eigenvalue weighted by atomic mass is 35.5. The summed E-state index contributed by atoms with van der Waals surface area (Å²) in [5.41, 5.74) is -1.04. The van der Waals surface area contributed by atoms with Crippen LogP contribution in [0.2, 0.25) is 5.15 Å². The third-order valence-corrected chi connectivity index (χ3v) is 4.98. The number of rotatable bonds is 3. The predicted octanol–water partition coefficient (Wildman–Crippen LogP) is 4.78. The number of hydrogen-bond acceptors (Lipinski definition) is 5. The topological polar surface area (TPSA) is 72.2 Å². The number of fused-ring (bicyclic) bond motifs is 1. The van der Waals surface area contributed by atoms with Crippen molar-refractivity contribution in [3.8, 4) is 10.6 Å². The van der Waals surface area contributed by atoms with E-state index in [-0.39, 0.29) is 27.7 Å². The number of amides is 1. The van der Waals surface area contributed by atoms with Gasteiger partial charge in [-0.3, -0.25) is 4.79 Å². The van der Waals surface area contributed by atoms with E-state index in [0.29, 0.717) is 9.39 Å². The van der Waals surface area contributed by atoms with Gasteiger partial charge in [0.2, 0.25) is 0 Å². The van der Waals surface area contributed by atoms with Gasteiger partial charge >= 0.3 is 6.18 Å². The summed E-state index contributed by atoms with van der Waals surface area (Å²) in [4.78, 5) is 21.2. The summed E-state index contributed by atoms with van der Waals surface area (Å²) in [7, 11) is 0. The molecule has 142 valence electrons. The fourth-order valence-corrected chi connectivity index (χ4v) is 3.40. The number of nitrogens with zero attached hydrogens (tertiary/aromatic N) is 4. The van der Waals surface area contributed by atoms with Crippen molar-refractivity contribution in [2.24, 2.45) is 0 Å². The maximum absolute atomic E-state index is 13.5. The SMILES string of the molecule is O=C(Nc1cccnc1Cl)c1cnn2c(C(F)(F)F)cc(-c3cccs3)nc12. The number of alkyl halides is 3. The number of thiophene rings is 1. The maximum atomic E-state index is 13.5. The summed E-state index contributed by atoms with van der Waals surface area (Å²) in [6, 6.07) is 7.34. The molecule has 0 aliphatic heterocycles. The van der Waals surface area contributed by atoms with Crippen LogP contribution in [-0.4, -0.2) is 25.5 Å². The van der Waals surface area contributed by atoms with Gasteiger partial charge < -0.3 is 5.32 Å². The van der Waals surface area contributed by atoms with Gasteiger partial charge in [-0.15, -0.1) is 11.3 Å². The first-order valence-electron chi connectivity index (χ1n) is 7.76. The first-order chi connectivity index (χ1) is 13.3. The second-order valence-corrected chi connectivity index (χ2v) is 6.90. The minimum Gasteiger partial charge on any atom is -0.319 e. The van der Waals surface area contributed by atoms with E-state index in [1.165, 1.54) is 23.6 Å². The molecular weight excluding hydrogens is 415 g/mol. The van der Waals surface area contributed by atoms with Gasteiger partial charge in [0, 0.05) is 6.20 Å². The fourth-order valence-electron chi connectivity index (χ4n) is 2.54. The molecule has 1 N–H and O–H groups in total. The van der Waals surface area contributed by atoms with Gasteiger partial charge in [0.15, 0.2) is 16.5 Å². The fraction of sp³-hybridized carbons (Fsp3) is 0.0588. The smallest absolute Gasteiger partial charge is 0.319 e. The first-order valence-corrected chi connectivity index (χ1v) is 9.02. The lowest BCUT2D eigenvalue weighted by Crippen LogP contribution is -2.16. The number of carbonyl (C=O) groups is 1. The molecule has 4 rings (SSSR count). The lowest BCUT2D eigenvalue weighted by atomic mass is 10.2. The molecule has 0 saturated carbocycles. The summed E-state index contributed by atoms with van der Waals surface area (Å²) in [6.45, 7) is 0. The third-order valence-electron chi connectivity index (χ3n) is 3.79. The van der Waals surface area contributed by atoms with Crippen LogP contribution < -0.4 is 5.32 Å². The van der Waals surface area contributed by atoms with Crippen LogP contribution in [-0.2, 0) is 6.18 Å². The van der Waals surface area contributed by atoms with E-state index < -0.39 is 17.8 Å². The van der Waals surface area contributed by atoms with Gasteiger partial charge in [-0.1, -0.05) is 17.7 Å². The second kappa shape index (κ2) is 6.88. The van der Waals surface area contributed by atoms with Crippen molar-refractivity contribution in [3.63, 3.8) is 0 Å². The Morgan fingerprint density at radius 3 is 2.75 bits per heavy atom. The van der Waals surface area contributed by atoms with E-state index >= 15 is 0 Å². The number of aromatic nitrogens is 4. The molecule has 0 spiro atoms. The monoisotopic (exact) mass is 423 g/mol. The van der Waals surface area contributed by atoms with Crippen LogP contribution in [0.5, 0.6) is 0 Å². The molecule has 4 aromatic heterocycles. The zero-order valence-corrected chi connectivity index (χ0v) is 15.3. The van der Waals surface area contributed by atoms with Crippen molar-refractivity contribution in [1.29, 1.82) is 0 Å². The molecule has 4 heterocycles. The molecule has 1 amide bonds. The number of hydrogen-bond donors (Lipinski definition) is 1. The summed E-state index contributed by atoms with van der Waals surface area (Å²) in [5.74, 6) is -0.700. The molecule has 0 saturated heterocycles. The van der Waals surface area contributed by atoms with Gasteiger partial charge in [0.25, 0.3) is 5.91 Å². The lowest BCUT2D eigenvalue weighted by molar-refractivity contribution is -0.142. The Kier molecular flexibility index (Phi) is 4.52. The van der Waals surface area contributed by atoms with Crippen LogP contribution in [0.25, 0.3) is 16.2 Å². The average molecular weight is 424 g/mol. The molecule has 28 heavy (non-hydrogen) atoms. The molecule has 0 atom stereocenters. The van der Waals surface area contributed by atoms with Gasteiger partial charge in [0.1, 0.15) is 5.56 Å². The van der Waals surface area contributed by atoms with Crippen LogP contribution in [0, 0.1) is 0 Å². The number of pyridine rings is 1. The summed E-state index contributed by atoms with van der Waals surface area (Å²) in [5, 5.41) is 8.01. The number of nitrogens with one attached hydrogen (secondary N) is 1. The number of halogens is 4. The van der Waals surface area contributed by atoms with E-state index in [9.17, 15) is 18.0 Å². The van der Waals surface area contributed by atoms with Crippen molar-refractivity contribution >= 4 is 40.2 Å². The van der Waals surface area contributed by atoms with Crippen molar-refractivity contribution < 1.29 is 18.0 Å². The summed E-state index contributed by atoms with van der Waals surface area (Å²) < 4.78 is 41.2. The van der Waals surface area contributed by atoms with Crippen LogP contribution in [0.3, 0.4) is 0 Å². The highest BCUT2D eigenvalue weighted by molar-refractivity contribution is 7.13. The molecule has 0 aliphatic carbocycles. The Labute approximate surface area is 164 Å². The zero-order chi connectivity index (χ0) is 19.9. The Hall–Kier alpha value is -2.98. The van der Waals surface area contributed by atoms with Crippen LogP contribution in [0.1, 0.15) is 16.1 Å². The summed E-state index contributed by atoms with van der Waals surface area (Å²) >= 11 is 7.16. The van der Waals surface area contributed by atoms with Gasteiger partial charge in [0.05, 0.1) is 22.5 Å². The van der Waals surface area contributed by atoms with Crippen molar-refractivity contribution in [2.45, 2.75) is 6.18 Å². The van der Waals surface area contributed by atoms with E-state index in [1.807, 2.05) is 0 Å². The highest BCUT2D eigenvalue weighted by Gasteiger charge is 2.36. The first kappa shape index (κ1) is 18.4. The average Bonchev–Trinajstić information content (AvgIpc) is 3.31. The molecule has 0 radical (unpaired) electrons. The minimum absolute atomic E-state index is 0.0514. The van der Waals surface area contributed by atoms with Crippen molar-refractivity contribution in [3.05, 3.63) is 64.5 Å². The molecular formula is C17H9ClF3N5OS. The van der Waals surface area contributed by atoms with Crippen LogP contribution in [0.4, 0.5) is 18.9 Å². The van der Waals surface area contributed by atoms with Gasteiger partial charge in [-0.2, -0.15) is 18.3 Å². The van der Waals surface area contributed by atoms with E-state index in [1.54, 1.807) is 23.6 Å². The third kappa shape index (κ3) is 3.32. The van der Waals surface area contributed by atoms with Gasteiger partial charge in [-0.25, -0.2) is 14.5 Å². The highest BCUT2D eigenvalue weighted by Crippen LogP contribution is 2.34. The molecule has 0 fully saturated rings. The summed E-state index contributed by atoms with van der Waals surface area (Å²) in [6.07, 6.45) is -2.20. The second-order valence-electron chi connectivity index (χ2n) is 5.59. The van der Waals surface area contributed by atoms with Crippen LogP contribution >= 0.6 is 22.9 Å². The Morgan fingerprint density at radius 2 is 2.07 bits per heavy atom. The van der Waals surface area contributed by atoms with Gasteiger partial charge in [-0.05, 0) is 29.6 Å². The number of anilines is 1. The van der Waals surface area contributed by atoms with E-state index in [2.05, 4.69) is 20.4 Å². The molecule has 0 unspecified atom stereocenters. The molecule has 0 aromatic carbocycles. The predicted molar refractivity (Wildman–Crippen MR) is 98.5 cm³/mol. The Balaban J connectivity index is 1.85. The van der Waals surface area contributed by atoms with Crippen LogP contribution in [0.15, 0.2) is 48.1 Å². The quantitative estimate of drug-likeness (QED) is 0.481. The molecule has 4 aromatic rings. The molecule has 11 heteroatoms. The Morgan fingerprint density at radius 1 is 1.25 bits per heavy atom. The molecule has 0 bridgehead atoms.